The van der Waals surface area contributed by atoms with Crippen molar-refractivity contribution in [3.63, 3.8) is 0 Å². The van der Waals surface area contributed by atoms with Gasteiger partial charge in [-0.1, -0.05) is 45.0 Å². The SMILES string of the molecule is CC(C)(C)c1ccc(C(CCCCl)=C(F)B2OC(C)(C)C(C)(C)O2)cc1. The summed E-state index contributed by atoms with van der Waals surface area (Å²) in [6.07, 6.45) is 1.25. The molecule has 2 rings (SSSR count). The highest BCUT2D eigenvalue weighted by molar-refractivity contribution is 6.55. The molecular formula is C21H31BClFO2. The number of benzene rings is 1. The molecular weight excluding hydrogens is 349 g/mol. The van der Waals surface area contributed by atoms with Gasteiger partial charge in [0, 0.05) is 5.88 Å². The fraction of sp³-hybridized carbons (Fsp3) is 0.619. The molecule has 0 amide bonds. The van der Waals surface area contributed by atoms with E-state index >= 15 is 4.39 Å². The summed E-state index contributed by atoms with van der Waals surface area (Å²) >= 11 is 5.87. The van der Waals surface area contributed by atoms with Crippen LogP contribution in [0.4, 0.5) is 4.39 Å². The largest absolute Gasteiger partial charge is 0.525 e. The van der Waals surface area contributed by atoms with Crippen molar-refractivity contribution in [3.8, 4) is 0 Å². The molecule has 0 aliphatic carbocycles. The Morgan fingerprint density at radius 1 is 1.04 bits per heavy atom. The van der Waals surface area contributed by atoms with Gasteiger partial charge in [-0.3, -0.25) is 0 Å². The summed E-state index contributed by atoms with van der Waals surface area (Å²) in [7, 11) is -0.979. The highest BCUT2D eigenvalue weighted by Crippen LogP contribution is 2.41. The van der Waals surface area contributed by atoms with Crippen molar-refractivity contribution in [1.29, 1.82) is 0 Å². The van der Waals surface area contributed by atoms with Crippen LogP contribution in [0.5, 0.6) is 0 Å². The van der Waals surface area contributed by atoms with E-state index in [0.717, 1.165) is 5.56 Å². The molecule has 1 aliphatic heterocycles. The molecule has 1 aromatic rings. The number of allylic oxidation sites excluding steroid dienone is 1. The van der Waals surface area contributed by atoms with Gasteiger partial charge in [-0.25, -0.2) is 4.39 Å². The number of hydrogen-bond acceptors (Lipinski definition) is 2. The van der Waals surface area contributed by atoms with Gasteiger partial charge >= 0.3 is 7.12 Å². The summed E-state index contributed by atoms with van der Waals surface area (Å²) in [4.78, 5) is 0. The fourth-order valence-corrected chi connectivity index (χ4v) is 3.04. The summed E-state index contributed by atoms with van der Waals surface area (Å²) in [5.74, 6) is 0.486. The van der Waals surface area contributed by atoms with Gasteiger partial charge in [0.15, 0.2) is 0 Å². The molecule has 1 saturated heterocycles. The van der Waals surface area contributed by atoms with Crippen LogP contribution in [-0.4, -0.2) is 24.2 Å². The summed E-state index contributed by atoms with van der Waals surface area (Å²) in [5.41, 5.74) is 1.26. The van der Waals surface area contributed by atoms with E-state index in [0.29, 0.717) is 24.3 Å². The van der Waals surface area contributed by atoms with E-state index in [2.05, 4.69) is 32.9 Å². The second-order valence-corrected chi connectivity index (χ2v) is 9.41. The molecule has 1 fully saturated rings. The maximum absolute atomic E-state index is 15.4. The van der Waals surface area contributed by atoms with Crippen LogP contribution in [0.2, 0.25) is 0 Å². The van der Waals surface area contributed by atoms with E-state index in [-0.39, 0.29) is 11.1 Å². The van der Waals surface area contributed by atoms with E-state index in [4.69, 9.17) is 20.9 Å². The first-order chi connectivity index (χ1) is 11.9. The Labute approximate surface area is 163 Å². The summed E-state index contributed by atoms with van der Waals surface area (Å²) in [6.45, 7) is 14.2. The van der Waals surface area contributed by atoms with Gasteiger partial charge in [-0.15, -0.1) is 11.6 Å². The molecule has 0 spiro atoms. The average molecular weight is 381 g/mol. The first-order valence-corrected chi connectivity index (χ1v) is 9.83. The zero-order valence-corrected chi connectivity index (χ0v) is 17.8. The minimum atomic E-state index is -0.979. The molecule has 0 atom stereocenters. The van der Waals surface area contributed by atoms with Crippen molar-refractivity contribution in [1.82, 2.24) is 0 Å². The summed E-state index contributed by atoms with van der Waals surface area (Å²) < 4.78 is 27.2. The lowest BCUT2D eigenvalue weighted by Crippen LogP contribution is -2.41. The van der Waals surface area contributed by atoms with Crippen molar-refractivity contribution in [2.75, 3.05) is 5.88 Å². The number of alkyl halides is 1. The Morgan fingerprint density at radius 2 is 1.54 bits per heavy atom. The van der Waals surface area contributed by atoms with E-state index in [9.17, 15) is 0 Å². The van der Waals surface area contributed by atoms with Crippen molar-refractivity contribution in [2.24, 2.45) is 0 Å². The molecule has 0 saturated carbocycles. The lowest BCUT2D eigenvalue weighted by Gasteiger charge is -2.32. The predicted molar refractivity (Wildman–Crippen MR) is 109 cm³/mol. The highest BCUT2D eigenvalue weighted by Gasteiger charge is 2.53. The molecule has 0 radical (unpaired) electrons. The summed E-state index contributed by atoms with van der Waals surface area (Å²) in [5, 5.41) is 0. The molecule has 0 bridgehead atoms. The van der Waals surface area contributed by atoms with Crippen LogP contribution < -0.4 is 0 Å². The van der Waals surface area contributed by atoms with E-state index in [1.807, 2.05) is 39.8 Å². The molecule has 1 heterocycles. The quantitative estimate of drug-likeness (QED) is 0.440. The van der Waals surface area contributed by atoms with E-state index < -0.39 is 18.3 Å². The fourth-order valence-electron chi connectivity index (χ4n) is 2.91. The number of hydrogen-bond donors (Lipinski definition) is 0. The lowest BCUT2D eigenvalue weighted by molar-refractivity contribution is 0.00578. The van der Waals surface area contributed by atoms with Gasteiger partial charge in [0.05, 0.1) is 11.2 Å². The Morgan fingerprint density at radius 3 is 1.96 bits per heavy atom. The van der Waals surface area contributed by atoms with Crippen molar-refractivity contribution in [3.05, 3.63) is 41.1 Å². The minimum Gasteiger partial charge on any atom is -0.398 e. The van der Waals surface area contributed by atoms with Crippen LogP contribution in [0.3, 0.4) is 0 Å². The topological polar surface area (TPSA) is 18.5 Å². The first kappa shape index (κ1) is 21.5. The van der Waals surface area contributed by atoms with Crippen LogP contribution >= 0.6 is 11.6 Å². The Hall–Kier alpha value is -0.835. The van der Waals surface area contributed by atoms with Gasteiger partial charge in [0.1, 0.15) is 5.73 Å². The Balaban J connectivity index is 2.39. The van der Waals surface area contributed by atoms with E-state index in [1.165, 1.54) is 5.56 Å². The Kier molecular flexibility index (Phi) is 6.32. The molecule has 1 aliphatic rings. The average Bonchev–Trinajstić information content (AvgIpc) is 2.75. The van der Waals surface area contributed by atoms with Gasteiger partial charge in [-0.05, 0) is 62.7 Å². The third-order valence-corrected chi connectivity index (χ3v) is 5.68. The standard InChI is InChI=1S/C21H31BClFO2/c1-19(2,3)16-12-10-15(11-13-16)17(9-8-14-23)18(24)22-25-20(4,5)21(6,7)26-22/h10-13H,8-9,14H2,1-7H3. The molecule has 5 heteroatoms. The van der Waals surface area contributed by atoms with Crippen LogP contribution in [0, 0.1) is 0 Å². The second kappa shape index (κ2) is 7.65. The number of rotatable bonds is 5. The van der Waals surface area contributed by atoms with Crippen LogP contribution in [-0.2, 0) is 14.7 Å². The monoisotopic (exact) mass is 380 g/mol. The Bertz CT molecular complexity index is 644. The van der Waals surface area contributed by atoms with Gasteiger partial charge in [0.25, 0.3) is 0 Å². The molecule has 1 aromatic carbocycles. The van der Waals surface area contributed by atoms with Crippen molar-refractivity contribution < 1.29 is 13.7 Å². The van der Waals surface area contributed by atoms with E-state index in [1.54, 1.807) is 0 Å². The molecule has 0 N–H and O–H groups in total. The smallest absolute Gasteiger partial charge is 0.398 e. The van der Waals surface area contributed by atoms with Crippen molar-refractivity contribution in [2.45, 2.75) is 77.9 Å². The third-order valence-electron chi connectivity index (χ3n) is 5.41. The van der Waals surface area contributed by atoms with Crippen LogP contribution in [0.25, 0.3) is 5.57 Å². The third kappa shape index (κ3) is 4.52. The minimum absolute atomic E-state index is 0.0583. The van der Waals surface area contributed by atoms with Crippen LogP contribution in [0.1, 0.15) is 72.4 Å². The van der Waals surface area contributed by atoms with Gasteiger partial charge in [0.2, 0.25) is 0 Å². The molecule has 0 aromatic heterocycles. The molecule has 0 unspecified atom stereocenters. The second-order valence-electron chi connectivity index (χ2n) is 9.03. The molecule has 144 valence electrons. The first-order valence-electron chi connectivity index (χ1n) is 9.30. The molecule has 2 nitrogen and oxygen atoms in total. The zero-order chi connectivity index (χ0) is 19.8. The molecule has 26 heavy (non-hydrogen) atoms. The lowest BCUT2D eigenvalue weighted by atomic mass is 9.80. The maximum Gasteiger partial charge on any atom is 0.525 e. The maximum atomic E-state index is 15.4. The zero-order valence-electron chi connectivity index (χ0n) is 17.1. The van der Waals surface area contributed by atoms with Gasteiger partial charge in [-0.2, -0.15) is 0 Å². The summed E-state index contributed by atoms with van der Waals surface area (Å²) in [6, 6.07) is 8.09. The van der Waals surface area contributed by atoms with Crippen molar-refractivity contribution >= 4 is 24.3 Å². The normalized spacial score (nSPS) is 20.3. The van der Waals surface area contributed by atoms with Gasteiger partial charge < -0.3 is 9.31 Å². The highest BCUT2D eigenvalue weighted by atomic mass is 35.5. The predicted octanol–water partition coefficient (Wildman–Crippen LogP) is 6.32. The number of halogens is 2. The van der Waals surface area contributed by atoms with Crippen LogP contribution in [0.15, 0.2) is 30.0 Å².